The molecule has 7 nitrogen and oxygen atoms in total. The number of hydrazine groups is 1. The van der Waals surface area contributed by atoms with Crippen LogP contribution in [0.1, 0.15) is 6.92 Å². The van der Waals surface area contributed by atoms with Crippen molar-refractivity contribution in [3.8, 4) is 17.2 Å². The van der Waals surface area contributed by atoms with Crippen LogP contribution in [-0.2, 0) is 9.59 Å². The molecule has 0 spiro atoms. The number of methoxy groups -OCH3 is 1. The zero-order valence-corrected chi connectivity index (χ0v) is 18.1. The van der Waals surface area contributed by atoms with Gasteiger partial charge >= 0.3 is 0 Å². The Labute approximate surface area is 182 Å². The first-order chi connectivity index (χ1) is 14.5. The monoisotopic (exact) mass is 472 g/mol. The van der Waals surface area contributed by atoms with Crippen molar-refractivity contribution < 1.29 is 23.8 Å². The lowest BCUT2D eigenvalue weighted by molar-refractivity contribution is -0.133. The largest absolute Gasteiger partial charge is 0.497 e. The highest BCUT2D eigenvalue weighted by atomic mass is 79.9. The molecule has 0 aliphatic carbocycles. The zero-order valence-electron chi connectivity index (χ0n) is 16.5. The number of carbonyl (C=O) groups excluding carboxylic acids is 2. The Bertz CT molecular complexity index is 1040. The lowest BCUT2D eigenvalue weighted by Crippen LogP contribution is -2.48. The smallest absolute Gasteiger partial charge is 0.279 e. The van der Waals surface area contributed by atoms with Crippen LogP contribution in [0, 0.1) is 0 Å². The van der Waals surface area contributed by atoms with Gasteiger partial charge in [-0.1, -0.05) is 30.3 Å². The number of hydrogen-bond acceptors (Lipinski definition) is 5. The number of benzene rings is 3. The van der Waals surface area contributed by atoms with Gasteiger partial charge < -0.3 is 14.2 Å². The molecule has 3 rings (SSSR count). The summed E-state index contributed by atoms with van der Waals surface area (Å²) in [6.07, 6.45) is -0.811. The van der Waals surface area contributed by atoms with Gasteiger partial charge in [0.2, 0.25) is 0 Å². The fourth-order valence-electron chi connectivity index (χ4n) is 2.65. The lowest BCUT2D eigenvalue weighted by atomic mass is 10.1. The van der Waals surface area contributed by atoms with Gasteiger partial charge in [-0.05, 0) is 64.0 Å². The zero-order chi connectivity index (χ0) is 21.5. The molecule has 3 aromatic rings. The lowest BCUT2D eigenvalue weighted by Gasteiger charge is -2.15. The highest BCUT2D eigenvalue weighted by molar-refractivity contribution is 9.10. The van der Waals surface area contributed by atoms with Crippen molar-refractivity contribution in [3.63, 3.8) is 0 Å². The number of hydrogen-bond donors (Lipinski definition) is 2. The van der Waals surface area contributed by atoms with Crippen LogP contribution in [0.4, 0.5) is 0 Å². The van der Waals surface area contributed by atoms with Crippen molar-refractivity contribution in [1.29, 1.82) is 0 Å². The van der Waals surface area contributed by atoms with Crippen LogP contribution < -0.4 is 25.1 Å². The van der Waals surface area contributed by atoms with Crippen LogP contribution in [-0.4, -0.2) is 31.6 Å². The summed E-state index contributed by atoms with van der Waals surface area (Å²) in [5, 5.41) is 2.03. The number of amides is 2. The quantitative estimate of drug-likeness (QED) is 0.513. The van der Waals surface area contributed by atoms with E-state index in [1.807, 2.05) is 30.3 Å². The van der Waals surface area contributed by atoms with Gasteiger partial charge in [0.15, 0.2) is 12.7 Å². The van der Waals surface area contributed by atoms with Gasteiger partial charge in [-0.3, -0.25) is 20.4 Å². The third-order valence-corrected chi connectivity index (χ3v) is 5.07. The van der Waals surface area contributed by atoms with Crippen LogP contribution in [0.25, 0.3) is 10.8 Å². The number of carbonyl (C=O) groups is 2. The highest BCUT2D eigenvalue weighted by Crippen LogP contribution is 2.32. The first-order valence-electron chi connectivity index (χ1n) is 9.17. The van der Waals surface area contributed by atoms with Crippen molar-refractivity contribution in [2.45, 2.75) is 13.0 Å². The Hall–Kier alpha value is -3.26. The second-order valence-corrected chi connectivity index (χ2v) is 7.15. The molecule has 0 radical (unpaired) electrons. The summed E-state index contributed by atoms with van der Waals surface area (Å²) < 4.78 is 16.9. The molecule has 0 heterocycles. The maximum absolute atomic E-state index is 12.1. The standard InChI is InChI=1S/C22H21BrN2O5/c1-14(30-17-10-8-16(28-2)9-11-17)22(27)25-24-20(26)13-29-19-12-7-15-5-3-4-6-18(15)21(19)23/h3-12,14H,13H2,1-2H3,(H,24,26)(H,25,27). The molecule has 0 saturated heterocycles. The van der Waals surface area contributed by atoms with Crippen molar-refractivity contribution in [2.75, 3.05) is 13.7 Å². The van der Waals surface area contributed by atoms with E-state index in [1.165, 1.54) is 0 Å². The molecular weight excluding hydrogens is 452 g/mol. The van der Waals surface area contributed by atoms with E-state index in [4.69, 9.17) is 14.2 Å². The normalized spacial score (nSPS) is 11.4. The van der Waals surface area contributed by atoms with E-state index in [-0.39, 0.29) is 6.61 Å². The van der Waals surface area contributed by atoms with E-state index in [2.05, 4.69) is 26.8 Å². The minimum atomic E-state index is -0.811. The molecule has 3 aromatic carbocycles. The number of fused-ring (bicyclic) bond motifs is 1. The molecule has 2 N–H and O–H groups in total. The van der Waals surface area contributed by atoms with Gasteiger partial charge in [-0.2, -0.15) is 0 Å². The van der Waals surface area contributed by atoms with Crippen molar-refractivity contribution in [1.82, 2.24) is 10.9 Å². The molecule has 30 heavy (non-hydrogen) atoms. The van der Waals surface area contributed by atoms with Crippen molar-refractivity contribution >= 4 is 38.5 Å². The third-order valence-electron chi connectivity index (χ3n) is 4.25. The second kappa shape index (κ2) is 9.98. The number of ether oxygens (including phenoxy) is 3. The van der Waals surface area contributed by atoms with Crippen LogP contribution in [0.3, 0.4) is 0 Å². The van der Waals surface area contributed by atoms with E-state index in [0.29, 0.717) is 17.2 Å². The molecule has 0 aromatic heterocycles. The molecule has 8 heteroatoms. The van der Waals surface area contributed by atoms with Crippen LogP contribution in [0.15, 0.2) is 65.1 Å². The Morgan fingerprint density at radius 2 is 1.67 bits per heavy atom. The second-order valence-electron chi connectivity index (χ2n) is 6.36. The van der Waals surface area contributed by atoms with Crippen LogP contribution in [0.2, 0.25) is 0 Å². The average molecular weight is 473 g/mol. The van der Waals surface area contributed by atoms with Crippen molar-refractivity contribution in [3.05, 3.63) is 65.1 Å². The van der Waals surface area contributed by atoms with Gasteiger partial charge in [0, 0.05) is 0 Å². The minimum absolute atomic E-state index is 0.259. The van der Waals surface area contributed by atoms with E-state index >= 15 is 0 Å². The first-order valence-corrected chi connectivity index (χ1v) is 9.96. The number of nitrogens with one attached hydrogen (secondary N) is 2. The van der Waals surface area contributed by atoms with Crippen molar-refractivity contribution in [2.24, 2.45) is 0 Å². The summed E-state index contributed by atoms with van der Waals surface area (Å²) >= 11 is 3.50. The highest BCUT2D eigenvalue weighted by Gasteiger charge is 2.16. The summed E-state index contributed by atoms with van der Waals surface area (Å²) in [5.74, 6) is 0.733. The Morgan fingerprint density at radius 1 is 0.967 bits per heavy atom. The van der Waals surface area contributed by atoms with Gasteiger partial charge in [0.25, 0.3) is 11.8 Å². The summed E-state index contributed by atoms with van der Waals surface area (Å²) in [4.78, 5) is 24.2. The number of halogens is 1. The maximum Gasteiger partial charge on any atom is 0.279 e. The molecule has 0 bridgehead atoms. The van der Waals surface area contributed by atoms with Crippen LogP contribution in [0.5, 0.6) is 17.2 Å². The molecule has 2 amide bonds. The fourth-order valence-corrected chi connectivity index (χ4v) is 3.26. The minimum Gasteiger partial charge on any atom is -0.497 e. The average Bonchev–Trinajstić information content (AvgIpc) is 2.77. The molecule has 0 saturated carbocycles. The van der Waals surface area contributed by atoms with Gasteiger partial charge in [0.1, 0.15) is 17.2 Å². The SMILES string of the molecule is COc1ccc(OC(C)C(=O)NNC(=O)COc2ccc3ccccc3c2Br)cc1. The predicted octanol–water partition coefficient (Wildman–Crippen LogP) is 3.60. The molecule has 156 valence electrons. The summed E-state index contributed by atoms with van der Waals surface area (Å²) in [7, 11) is 1.57. The third kappa shape index (κ3) is 5.42. The number of rotatable bonds is 7. The summed E-state index contributed by atoms with van der Waals surface area (Å²) in [6, 6.07) is 18.3. The Kier molecular flexibility index (Phi) is 7.13. The topological polar surface area (TPSA) is 85.9 Å². The molecule has 1 unspecified atom stereocenters. The first kappa shape index (κ1) is 21.4. The maximum atomic E-state index is 12.1. The van der Waals surface area contributed by atoms with E-state index in [1.54, 1.807) is 44.4 Å². The molecule has 1 atom stereocenters. The van der Waals surface area contributed by atoms with E-state index < -0.39 is 17.9 Å². The van der Waals surface area contributed by atoms with E-state index in [9.17, 15) is 9.59 Å². The molecule has 0 fully saturated rings. The summed E-state index contributed by atoms with van der Waals surface area (Å²) in [5.41, 5.74) is 4.64. The molecule has 0 aliphatic heterocycles. The van der Waals surface area contributed by atoms with Gasteiger partial charge in [0.05, 0.1) is 11.6 Å². The molecular formula is C22H21BrN2O5. The van der Waals surface area contributed by atoms with Gasteiger partial charge in [-0.25, -0.2) is 0 Å². The Morgan fingerprint density at radius 3 is 2.40 bits per heavy atom. The predicted molar refractivity (Wildman–Crippen MR) is 117 cm³/mol. The Balaban J connectivity index is 1.47. The fraction of sp³-hybridized carbons (Fsp3) is 0.182. The molecule has 0 aliphatic rings. The van der Waals surface area contributed by atoms with Crippen LogP contribution >= 0.6 is 15.9 Å². The van der Waals surface area contributed by atoms with E-state index in [0.717, 1.165) is 15.2 Å². The summed E-state index contributed by atoms with van der Waals surface area (Å²) in [6.45, 7) is 1.32. The van der Waals surface area contributed by atoms with Gasteiger partial charge in [-0.15, -0.1) is 0 Å².